The fourth-order valence-electron chi connectivity index (χ4n) is 6.22. The maximum absolute atomic E-state index is 12.7. The summed E-state index contributed by atoms with van der Waals surface area (Å²) in [5, 5.41) is 13.8. The van der Waals surface area contributed by atoms with Crippen LogP contribution in [0.5, 0.6) is 0 Å². The van der Waals surface area contributed by atoms with Crippen molar-refractivity contribution in [3.05, 3.63) is 0 Å². The Bertz CT molecular complexity index is 778. The Kier molecular flexibility index (Phi) is 33.0. The van der Waals surface area contributed by atoms with Gasteiger partial charge in [-0.3, -0.25) is 13.8 Å². The van der Waals surface area contributed by atoms with Crippen LogP contribution in [-0.2, 0) is 18.4 Å². The number of phosphoric ester groups is 1. The second-order valence-corrected chi connectivity index (χ2v) is 17.2. The zero-order chi connectivity index (χ0) is 36.5. The van der Waals surface area contributed by atoms with E-state index in [1.165, 1.54) is 135 Å². The monoisotopic (exact) mass is 720 g/mol. The summed E-state index contributed by atoms with van der Waals surface area (Å²) in [6, 6.07) is -0.750. The van der Waals surface area contributed by atoms with E-state index in [0.717, 1.165) is 38.5 Å². The first kappa shape index (κ1) is 48.5. The molecule has 0 aromatic heterocycles. The van der Waals surface area contributed by atoms with E-state index in [0.29, 0.717) is 23.9 Å². The van der Waals surface area contributed by atoms with Gasteiger partial charge in [-0.15, -0.1) is 0 Å². The first-order valence-electron chi connectivity index (χ1n) is 20.9. The minimum absolute atomic E-state index is 0.0777. The Morgan fingerprint density at radius 2 is 0.980 bits per heavy atom. The van der Waals surface area contributed by atoms with Crippen LogP contribution in [0, 0.1) is 0 Å². The molecule has 49 heavy (non-hydrogen) atoms. The van der Waals surface area contributed by atoms with Crippen molar-refractivity contribution in [2.75, 3.05) is 40.9 Å². The number of rotatable bonds is 38. The summed E-state index contributed by atoms with van der Waals surface area (Å²) < 4.78 is 23.5. The number of phosphoric acid groups is 1. The third-order valence-electron chi connectivity index (χ3n) is 9.61. The van der Waals surface area contributed by atoms with Gasteiger partial charge in [0.15, 0.2) is 0 Å². The van der Waals surface area contributed by atoms with Gasteiger partial charge >= 0.3 is 7.82 Å². The molecule has 3 N–H and O–H groups in total. The van der Waals surface area contributed by atoms with Gasteiger partial charge in [-0.1, -0.05) is 181 Å². The molecule has 0 aliphatic rings. The molecule has 3 unspecified atom stereocenters. The van der Waals surface area contributed by atoms with Gasteiger partial charge in [0.25, 0.3) is 0 Å². The molecule has 0 aromatic carbocycles. The summed E-state index contributed by atoms with van der Waals surface area (Å²) in [4.78, 5) is 22.9. The number of hydrogen-bond acceptors (Lipinski definition) is 5. The Morgan fingerprint density at radius 1 is 0.612 bits per heavy atom. The fraction of sp³-hybridized carbons (Fsp3) is 0.975. The first-order chi connectivity index (χ1) is 23.5. The van der Waals surface area contributed by atoms with Crippen molar-refractivity contribution in [3.63, 3.8) is 0 Å². The second-order valence-electron chi connectivity index (χ2n) is 15.7. The van der Waals surface area contributed by atoms with Crippen molar-refractivity contribution < 1.29 is 32.9 Å². The third-order valence-corrected chi connectivity index (χ3v) is 10.6. The molecule has 0 spiro atoms. The summed E-state index contributed by atoms with van der Waals surface area (Å²) in [7, 11) is 1.62. The smallest absolute Gasteiger partial charge is 0.391 e. The number of aliphatic hydroxyl groups excluding tert-OH is 1. The van der Waals surface area contributed by atoms with E-state index >= 15 is 0 Å². The molecule has 9 heteroatoms. The van der Waals surface area contributed by atoms with E-state index < -0.39 is 20.0 Å². The van der Waals surface area contributed by atoms with Crippen LogP contribution in [0.2, 0.25) is 0 Å². The van der Waals surface area contributed by atoms with Gasteiger partial charge in [0, 0.05) is 6.42 Å². The molecule has 0 saturated heterocycles. The van der Waals surface area contributed by atoms with Gasteiger partial charge in [0.05, 0.1) is 39.9 Å². The lowest BCUT2D eigenvalue weighted by molar-refractivity contribution is -0.870. The maximum Gasteiger partial charge on any atom is 0.472 e. The van der Waals surface area contributed by atoms with E-state index in [9.17, 15) is 19.4 Å². The lowest BCUT2D eigenvalue weighted by Gasteiger charge is -2.26. The summed E-state index contributed by atoms with van der Waals surface area (Å²) >= 11 is 0. The third kappa shape index (κ3) is 35.7. The highest BCUT2D eigenvalue weighted by Gasteiger charge is 2.28. The van der Waals surface area contributed by atoms with Crippen molar-refractivity contribution in [1.29, 1.82) is 0 Å². The van der Waals surface area contributed by atoms with Crippen LogP contribution in [0.15, 0.2) is 0 Å². The van der Waals surface area contributed by atoms with E-state index in [1.807, 2.05) is 21.1 Å². The number of hydrogen-bond donors (Lipinski definition) is 3. The molecular formula is C40H84N2O6P+. The van der Waals surface area contributed by atoms with E-state index in [2.05, 4.69) is 19.2 Å². The molecular weight excluding hydrogens is 635 g/mol. The molecule has 0 aromatic rings. The number of nitrogens with one attached hydrogen (secondary N) is 1. The molecule has 294 valence electrons. The lowest BCUT2D eigenvalue weighted by atomic mass is 10.0. The topological polar surface area (TPSA) is 105 Å². The molecule has 1 amide bonds. The zero-order valence-electron chi connectivity index (χ0n) is 33.2. The standard InChI is InChI=1S/C40H83N2O6P/c1-6-8-10-12-14-15-16-17-18-19-20-21-22-23-24-25-26-27-28-29-31-33-39(43)38(41-40(44)34-32-30-13-11-9-7-2)37-48-49(45,46)47-36-35-42(3,4)5/h38-39,43H,6-37H2,1-5H3,(H-,41,44,45,46)/p+1. The average Bonchev–Trinajstić information content (AvgIpc) is 3.04. The molecule has 0 bridgehead atoms. The number of carbonyl (C=O) groups excluding carboxylic acids is 1. The van der Waals surface area contributed by atoms with E-state index in [-0.39, 0.29) is 19.1 Å². The Morgan fingerprint density at radius 3 is 1.37 bits per heavy atom. The predicted octanol–water partition coefficient (Wildman–Crippen LogP) is 11.0. The molecule has 0 heterocycles. The van der Waals surface area contributed by atoms with E-state index in [4.69, 9.17) is 9.05 Å². The highest BCUT2D eigenvalue weighted by atomic mass is 31.2. The van der Waals surface area contributed by atoms with Gasteiger partial charge < -0.3 is 19.8 Å². The number of likely N-dealkylation sites (N-methyl/N-ethyl adjacent to an activating group) is 1. The van der Waals surface area contributed by atoms with Crippen LogP contribution in [0.4, 0.5) is 0 Å². The first-order valence-corrected chi connectivity index (χ1v) is 22.4. The van der Waals surface area contributed by atoms with Crippen LogP contribution >= 0.6 is 7.82 Å². The maximum atomic E-state index is 12.7. The molecule has 3 atom stereocenters. The zero-order valence-corrected chi connectivity index (χ0v) is 34.1. The Labute approximate surface area is 304 Å². The SMILES string of the molecule is CCCCCCCCCCCCCCCCCCCCCCCC(O)C(COP(=O)(O)OCC[N+](C)(C)C)NC(=O)CCCCCCCC. The summed E-state index contributed by atoms with van der Waals surface area (Å²) in [5.74, 6) is -0.152. The van der Waals surface area contributed by atoms with Gasteiger partial charge in [0.1, 0.15) is 13.2 Å². The molecule has 0 aliphatic carbocycles. The van der Waals surface area contributed by atoms with Gasteiger partial charge in [-0.25, -0.2) is 4.57 Å². The number of carbonyl (C=O) groups is 1. The molecule has 0 radical (unpaired) electrons. The van der Waals surface area contributed by atoms with Crippen molar-refractivity contribution in [3.8, 4) is 0 Å². The van der Waals surface area contributed by atoms with Crippen LogP contribution in [0.25, 0.3) is 0 Å². The van der Waals surface area contributed by atoms with Crippen molar-refractivity contribution in [2.24, 2.45) is 0 Å². The van der Waals surface area contributed by atoms with Crippen LogP contribution < -0.4 is 5.32 Å². The molecule has 0 rings (SSSR count). The predicted molar refractivity (Wildman–Crippen MR) is 208 cm³/mol. The second kappa shape index (κ2) is 33.3. The number of unbranched alkanes of at least 4 members (excludes halogenated alkanes) is 25. The lowest BCUT2D eigenvalue weighted by Crippen LogP contribution is -2.46. The highest BCUT2D eigenvalue weighted by Crippen LogP contribution is 2.43. The number of nitrogens with zero attached hydrogens (tertiary/aromatic N) is 1. The number of amides is 1. The van der Waals surface area contributed by atoms with Crippen molar-refractivity contribution >= 4 is 13.7 Å². The van der Waals surface area contributed by atoms with Crippen LogP contribution in [-0.4, -0.2) is 73.4 Å². The van der Waals surface area contributed by atoms with E-state index in [1.54, 1.807) is 0 Å². The number of quaternary nitrogens is 1. The summed E-state index contributed by atoms with van der Waals surface area (Å²) in [5.41, 5.74) is 0. The van der Waals surface area contributed by atoms with Gasteiger partial charge in [-0.05, 0) is 12.8 Å². The van der Waals surface area contributed by atoms with Crippen LogP contribution in [0.3, 0.4) is 0 Å². The minimum Gasteiger partial charge on any atom is -0.391 e. The summed E-state index contributed by atoms with van der Waals surface area (Å²) in [6.07, 6.45) is 34.4. The quantitative estimate of drug-likeness (QED) is 0.0333. The fourth-order valence-corrected chi connectivity index (χ4v) is 6.96. The van der Waals surface area contributed by atoms with Crippen molar-refractivity contribution in [2.45, 2.75) is 212 Å². The average molecular weight is 720 g/mol. The molecule has 8 nitrogen and oxygen atoms in total. The Balaban J connectivity index is 4.14. The highest BCUT2D eigenvalue weighted by molar-refractivity contribution is 7.47. The largest absolute Gasteiger partial charge is 0.472 e. The summed E-state index contributed by atoms with van der Waals surface area (Å²) in [6.45, 7) is 4.83. The minimum atomic E-state index is -4.29. The van der Waals surface area contributed by atoms with Gasteiger partial charge in [-0.2, -0.15) is 0 Å². The Hall–Kier alpha value is -0.500. The molecule has 0 aliphatic heterocycles. The molecule has 0 saturated carbocycles. The van der Waals surface area contributed by atoms with Crippen LogP contribution in [0.1, 0.15) is 200 Å². The molecule has 0 fully saturated rings. The number of aliphatic hydroxyl groups is 1. The normalized spacial score (nSPS) is 14.5. The van der Waals surface area contributed by atoms with Gasteiger partial charge in [0.2, 0.25) is 5.91 Å². The van der Waals surface area contributed by atoms with Crippen molar-refractivity contribution in [1.82, 2.24) is 5.32 Å².